The molecule has 0 aliphatic rings. The molecule has 0 spiro atoms. The van der Waals surface area contributed by atoms with Crippen molar-refractivity contribution in [2.45, 2.75) is 60.4 Å². The van der Waals surface area contributed by atoms with Gasteiger partial charge in [0.1, 0.15) is 5.75 Å². The van der Waals surface area contributed by atoms with E-state index >= 15 is 0 Å². The minimum atomic E-state index is -0.326. The predicted octanol–water partition coefficient (Wildman–Crippen LogP) is 7.57. The van der Waals surface area contributed by atoms with Crippen LogP contribution in [0.25, 0.3) is 10.8 Å². The molecule has 2 nitrogen and oxygen atoms in total. The number of ether oxygens (including phenoxy) is 2. The van der Waals surface area contributed by atoms with Crippen molar-refractivity contribution in [2.75, 3.05) is 0 Å². The summed E-state index contributed by atoms with van der Waals surface area (Å²) >= 11 is 0. The number of hydrogen-bond acceptors (Lipinski definition) is 2. The molecule has 2 unspecified atom stereocenters. The van der Waals surface area contributed by atoms with Crippen molar-refractivity contribution < 1.29 is 9.47 Å². The van der Waals surface area contributed by atoms with Crippen molar-refractivity contribution in [2.24, 2.45) is 11.3 Å². The first-order valence-electron chi connectivity index (χ1n) is 10.6. The van der Waals surface area contributed by atoms with Gasteiger partial charge in [-0.15, -0.1) is 0 Å². The Morgan fingerprint density at radius 1 is 0.759 bits per heavy atom. The summed E-state index contributed by atoms with van der Waals surface area (Å²) in [5.41, 5.74) is 2.73. The highest BCUT2D eigenvalue weighted by molar-refractivity contribution is 5.91. The van der Waals surface area contributed by atoms with E-state index < -0.39 is 0 Å². The second kappa shape index (κ2) is 9.00. The van der Waals surface area contributed by atoms with Gasteiger partial charge >= 0.3 is 0 Å². The smallest absolute Gasteiger partial charge is 0.197 e. The van der Waals surface area contributed by atoms with E-state index in [0.717, 1.165) is 16.7 Å². The summed E-state index contributed by atoms with van der Waals surface area (Å²) in [6, 6.07) is 23.1. The predicted molar refractivity (Wildman–Crippen MR) is 122 cm³/mol. The third kappa shape index (κ3) is 5.19. The highest BCUT2D eigenvalue weighted by Crippen LogP contribution is 2.44. The minimum absolute atomic E-state index is 0.186. The van der Waals surface area contributed by atoms with Gasteiger partial charge in [-0.1, -0.05) is 95.3 Å². The number of rotatable bonds is 7. The van der Waals surface area contributed by atoms with Crippen LogP contribution in [-0.4, -0.2) is 6.29 Å². The number of hydrogen-bond donors (Lipinski definition) is 0. The van der Waals surface area contributed by atoms with Crippen molar-refractivity contribution in [1.82, 2.24) is 0 Å². The molecule has 2 atom stereocenters. The Labute approximate surface area is 175 Å². The highest BCUT2D eigenvalue weighted by atomic mass is 16.7. The molecular formula is C27H34O2. The molecular weight excluding hydrogens is 356 g/mol. The first-order chi connectivity index (χ1) is 13.8. The van der Waals surface area contributed by atoms with Crippen LogP contribution in [0, 0.1) is 11.3 Å². The van der Waals surface area contributed by atoms with Crippen molar-refractivity contribution in [1.29, 1.82) is 0 Å². The molecule has 0 amide bonds. The normalized spacial score (nSPS) is 14.2. The summed E-state index contributed by atoms with van der Waals surface area (Å²) in [5, 5.41) is 2.42. The van der Waals surface area contributed by atoms with Gasteiger partial charge in [-0.3, -0.25) is 0 Å². The van der Waals surface area contributed by atoms with Crippen molar-refractivity contribution in [3.8, 4) is 5.75 Å². The lowest BCUT2D eigenvalue weighted by atomic mass is 9.69. The summed E-state index contributed by atoms with van der Waals surface area (Å²) in [6.07, 6.45) is -0.326. The van der Waals surface area contributed by atoms with E-state index in [1.54, 1.807) is 0 Å². The molecule has 2 heteroatoms. The van der Waals surface area contributed by atoms with Gasteiger partial charge in [0.15, 0.2) is 6.29 Å². The molecule has 154 valence electrons. The number of benzene rings is 3. The van der Waals surface area contributed by atoms with Gasteiger partial charge < -0.3 is 9.47 Å². The fourth-order valence-electron chi connectivity index (χ4n) is 4.49. The first kappa shape index (κ1) is 21.4. The van der Waals surface area contributed by atoms with E-state index in [1.807, 2.05) is 25.1 Å². The molecule has 0 radical (unpaired) electrons. The van der Waals surface area contributed by atoms with Gasteiger partial charge in [0, 0.05) is 5.39 Å². The Hall–Kier alpha value is -2.32. The van der Waals surface area contributed by atoms with Crippen molar-refractivity contribution in [3.05, 3.63) is 77.9 Å². The minimum Gasteiger partial charge on any atom is -0.465 e. The van der Waals surface area contributed by atoms with Crippen LogP contribution in [0.15, 0.2) is 66.7 Å². The van der Waals surface area contributed by atoms with Crippen LogP contribution in [0.3, 0.4) is 0 Å². The summed E-state index contributed by atoms with van der Waals surface area (Å²) in [5.74, 6) is 1.90. The van der Waals surface area contributed by atoms with E-state index in [0.29, 0.717) is 18.4 Å². The monoisotopic (exact) mass is 390 g/mol. The molecule has 0 aliphatic heterocycles. The maximum Gasteiger partial charge on any atom is 0.197 e. The Bertz CT molecular complexity index is 922. The van der Waals surface area contributed by atoms with Crippen LogP contribution >= 0.6 is 0 Å². The lowest BCUT2D eigenvalue weighted by Gasteiger charge is -2.35. The highest BCUT2D eigenvalue weighted by Gasteiger charge is 2.30. The quantitative estimate of drug-likeness (QED) is 0.387. The Kier molecular flexibility index (Phi) is 6.64. The van der Waals surface area contributed by atoms with Gasteiger partial charge in [-0.2, -0.15) is 0 Å². The van der Waals surface area contributed by atoms with Crippen LogP contribution < -0.4 is 4.74 Å². The SMILES string of the molecule is CC(OCc1ccccc1)Oc1ccc(C(C(C)C)C(C)(C)C)c2ccccc12. The van der Waals surface area contributed by atoms with E-state index in [2.05, 4.69) is 83.1 Å². The largest absolute Gasteiger partial charge is 0.465 e. The van der Waals surface area contributed by atoms with E-state index in [1.165, 1.54) is 10.9 Å². The van der Waals surface area contributed by atoms with Crippen LogP contribution in [0.2, 0.25) is 0 Å². The molecule has 3 aromatic carbocycles. The van der Waals surface area contributed by atoms with Gasteiger partial charge in [-0.05, 0) is 46.8 Å². The van der Waals surface area contributed by atoms with Gasteiger partial charge in [0.25, 0.3) is 0 Å². The standard InChI is InChI=1S/C27H34O2/c1-19(2)26(27(4,5)6)24-16-17-25(23-15-11-10-14-22(23)24)29-20(3)28-18-21-12-8-7-9-13-21/h7-17,19-20,26H,18H2,1-6H3. The van der Waals surface area contributed by atoms with Crippen LogP contribution in [0.5, 0.6) is 5.75 Å². The maximum atomic E-state index is 6.21. The molecule has 0 N–H and O–H groups in total. The lowest BCUT2D eigenvalue weighted by Crippen LogP contribution is -2.23. The summed E-state index contributed by atoms with van der Waals surface area (Å²) in [4.78, 5) is 0. The van der Waals surface area contributed by atoms with Gasteiger partial charge in [0.05, 0.1) is 6.61 Å². The summed E-state index contributed by atoms with van der Waals surface area (Å²) < 4.78 is 12.1. The summed E-state index contributed by atoms with van der Waals surface area (Å²) in [7, 11) is 0. The Morgan fingerprint density at radius 3 is 2.00 bits per heavy atom. The molecule has 3 aromatic rings. The molecule has 0 aromatic heterocycles. The van der Waals surface area contributed by atoms with Crippen molar-refractivity contribution in [3.63, 3.8) is 0 Å². The van der Waals surface area contributed by atoms with E-state index in [4.69, 9.17) is 9.47 Å². The zero-order valence-corrected chi connectivity index (χ0v) is 18.6. The van der Waals surface area contributed by atoms with E-state index in [9.17, 15) is 0 Å². The zero-order chi connectivity index (χ0) is 21.0. The molecule has 29 heavy (non-hydrogen) atoms. The Morgan fingerprint density at radius 2 is 1.38 bits per heavy atom. The van der Waals surface area contributed by atoms with Gasteiger partial charge in [-0.25, -0.2) is 0 Å². The molecule has 3 rings (SSSR count). The maximum absolute atomic E-state index is 6.21. The molecule has 0 fully saturated rings. The number of fused-ring (bicyclic) bond motifs is 1. The van der Waals surface area contributed by atoms with Crippen LogP contribution in [0.4, 0.5) is 0 Å². The topological polar surface area (TPSA) is 18.5 Å². The fourth-order valence-corrected chi connectivity index (χ4v) is 4.49. The third-order valence-corrected chi connectivity index (χ3v) is 5.47. The first-order valence-corrected chi connectivity index (χ1v) is 10.6. The lowest BCUT2D eigenvalue weighted by molar-refractivity contribution is -0.0751. The third-order valence-electron chi connectivity index (χ3n) is 5.47. The van der Waals surface area contributed by atoms with Gasteiger partial charge in [0.2, 0.25) is 0 Å². The molecule has 0 saturated heterocycles. The molecule has 0 saturated carbocycles. The van der Waals surface area contributed by atoms with Crippen LogP contribution in [0.1, 0.15) is 58.6 Å². The molecule has 0 aliphatic carbocycles. The zero-order valence-electron chi connectivity index (χ0n) is 18.6. The molecule has 0 heterocycles. The fraction of sp³-hybridized carbons (Fsp3) is 0.407. The second-order valence-corrected chi connectivity index (χ2v) is 9.27. The summed E-state index contributed by atoms with van der Waals surface area (Å²) in [6.45, 7) is 14.1. The molecule has 0 bridgehead atoms. The van der Waals surface area contributed by atoms with Crippen LogP contribution in [-0.2, 0) is 11.3 Å². The second-order valence-electron chi connectivity index (χ2n) is 9.27. The Balaban J connectivity index is 1.87. The average Bonchev–Trinajstić information content (AvgIpc) is 2.68. The van der Waals surface area contributed by atoms with E-state index in [-0.39, 0.29) is 11.7 Å². The van der Waals surface area contributed by atoms with Crippen molar-refractivity contribution >= 4 is 10.8 Å². The average molecular weight is 391 g/mol.